The largest absolute Gasteiger partial charge is 0.493 e. The van der Waals surface area contributed by atoms with Crippen molar-refractivity contribution in [1.29, 1.82) is 0 Å². The average molecular weight is 387 g/mol. The number of hydrogen-bond donors (Lipinski definition) is 1. The Labute approximate surface area is 162 Å². The molecule has 27 heavy (non-hydrogen) atoms. The third-order valence-electron chi connectivity index (χ3n) is 4.35. The van der Waals surface area contributed by atoms with Crippen LogP contribution in [0.5, 0.6) is 11.5 Å². The predicted octanol–water partition coefficient (Wildman–Crippen LogP) is 2.64. The highest BCUT2D eigenvalue weighted by Gasteiger charge is 2.16. The number of benzene rings is 2. The third kappa shape index (κ3) is 3.33. The Morgan fingerprint density at radius 1 is 1.15 bits per heavy atom. The molecule has 1 amide bonds. The minimum absolute atomic E-state index is 0. The van der Waals surface area contributed by atoms with Gasteiger partial charge in [-0.3, -0.25) is 9.36 Å². The summed E-state index contributed by atoms with van der Waals surface area (Å²) in [7, 11) is 3.08. The summed E-state index contributed by atoms with van der Waals surface area (Å²) >= 11 is 0. The fraction of sp³-hybridized carbons (Fsp3) is 0.211. The molecule has 2 aromatic carbocycles. The van der Waals surface area contributed by atoms with Gasteiger partial charge in [0.05, 0.1) is 19.7 Å². The van der Waals surface area contributed by atoms with Crippen molar-refractivity contribution in [1.82, 2.24) is 9.55 Å². The number of nitrogens with zero attached hydrogens (tertiary/aromatic N) is 3. The van der Waals surface area contributed by atoms with Crippen LogP contribution in [0.15, 0.2) is 47.5 Å². The number of fused-ring (bicyclic) bond motifs is 3. The number of hydrogen-bond acceptors (Lipinski definition) is 5. The van der Waals surface area contributed by atoms with Crippen LogP contribution in [0.4, 0.5) is 5.82 Å². The zero-order valence-corrected chi connectivity index (χ0v) is 15.7. The lowest BCUT2D eigenvalue weighted by molar-refractivity contribution is 0.0996. The van der Waals surface area contributed by atoms with E-state index in [0.29, 0.717) is 29.2 Å². The first-order valence-electron chi connectivity index (χ1n) is 8.26. The molecule has 2 heterocycles. The standard InChI is InChI=1S/C19H18N4O3.ClH/c1-25-15-8-7-12(11-16(15)26-2)18(24)22-19-21-14-6-4-3-5-13(14)17-20-9-10-23(17)19;/h3-8,11,20H,9-10H2,1-2H3;1H. The van der Waals surface area contributed by atoms with E-state index in [1.54, 1.807) is 25.3 Å². The van der Waals surface area contributed by atoms with E-state index in [4.69, 9.17) is 9.47 Å². The highest BCUT2D eigenvalue weighted by atomic mass is 35.5. The monoisotopic (exact) mass is 386 g/mol. The van der Waals surface area contributed by atoms with Gasteiger partial charge >= 0.3 is 0 Å². The van der Waals surface area contributed by atoms with Crippen LogP contribution < -0.4 is 20.4 Å². The highest BCUT2D eigenvalue weighted by Crippen LogP contribution is 2.28. The van der Waals surface area contributed by atoms with E-state index in [2.05, 4.69) is 15.3 Å². The molecule has 4 rings (SSSR count). The fourth-order valence-corrected chi connectivity index (χ4v) is 3.08. The molecule has 1 aliphatic heterocycles. The summed E-state index contributed by atoms with van der Waals surface area (Å²) in [6.45, 7) is 1.49. The minimum Gasteiger partial charge on any atom is -0.493 e. The number of halogens is 1. The summed E-state index contributed by atoms with van der Waals surface area (Å²) in [5.41, 5.74) is 1.61. The van der Waals surface area contributed by atoms with Gasteiger partial charge < -0.3 is 14.8 Å². The summed E-state index contributed by atoms with van der Waals surface area (Å²) < 4.78 is 12.4. The van der Waals surface area contributed by atoms with Gasteiger partial charge in [-0.05, 0) is 30.3 Å². The Balaban J connectivity index is 0.00000210. The van der Waals surface area contributed by atoms with Crippen molar-refractivity contribution < 1.29 is 14.3 Å². The minimum atomic E-state index is -0.379. The summed E-state index contributed by atoms with van der Waals surface area (Å²) in [6, 6.07) is 12.8. The third-order valence-corrected chi connectivity index (χ3v) is 4.35. The lowest BCUT2D eigenvalue weighted by Crippen LogP contribution is -2.24. The van der Waals surface area contributed by atoms with Crippen molar-refractivity contribution in [2.24, 2.45) is 4.99 Å². The van der Waals surface area contributed by atoms with Gasteiger partial charge in [0.15, 0.2) is 11.5 Å². The highest BCUT2D eigenvalue weighted by molar-refractivity contribution is 5.96. The first-order valence-corrected chi connectivity index (χ1v) is 8.26. The number of rotatable bonds is 3. The van der Waals surface area contributed by atoms with E-state index in [1.165, 1.54) is 7.11 Å². The molecule has 0 aliphatic carbocycles. The van der Waals surface area contributed by atoms with Crippen molar-refractivity contribution in [3.63, 3.8) is 0 Å². The van der Waals surface area contributed by atoms with Crippen LogP contribution in [0.2, 0.25) is 0 Å². The van der Waals surface area contributed by atoms with Gasteiger partial charge in [0.25, 0.3) is 5.91 Å². The van der Waals surface area contributed by atoms with E-state index in [9.17, 15) is 4.79 Å². The molecule has 0 fully saturated rings. The lowest BCUT2D eigenvalue weighted by atomic mass is 10.2. The van der Waals surface area contributed by atoms with Crippen LogP contribution >= 0.6 is 12.4 Å². The number of ether oxygens (including phenoxy) is 2. The lowest BCUT2D eigenvalue weighted by Gasteiger charge is -2.09. The number of aromatic nitrogens is 2. The predicted molar refractivity (Wildman–Crippen MR) is 105 cm³/mol. The molecule has 0 radical (unpaired) electrons. The maximum absolute atomic E-state index is 12.7. The van der Waals surface area contributed by atoms with Crippen LogP contribution in [0.1, 0.15) is 10.4 Å². The molecular formula is C19H19ClN4O3. The number of carbonyl (C=O) groups is 1. The fourth-order valence-electron chi connectivity index (χ4n) is 3.08. The number of carbonyl (C=O) groups excluding carboxylic acids is 1. The number of para-hydroxylation sites is 1. The summed E-state index contributed by atoms with van der Waals surface area (Å²) in [4.78, 5) is 21.5. The van der Waals surface area contributed by atoms with E-state index >= 15 is 0 Å². The number of amides is 1. The second-order valence-corrected chi connectivity index (χ2v) is 5.84. The Bertz CT molecular complexity index is 1080. The molecule has 0 saturated heterocycles. The van der Waals surface area contributed by atoms with Crippen LogP contribution in [-0.2, 0) is 6.54 Å². The van der Waals surface area contributed by atoms with E-state index in [1.807, 2.05) is 28.8 Å². The summed E-state index contributed by atoms with van der Waals surface area (Å²) in [5.74, 6) is 1.61. The maximum Gasteiger partial charge on any atom is 0.280 e. The Kier molecular flexibility index (Phi) is 5.32. The number of anilines is 1. The van der Waals surface area contributed by atoms with Gasteiger partial charge in [-0.25, -0.2) is 4.98 Å². The van der Waals surface area contributed by atoms with Crippen molar-refractivity contribution >= 4 is 35.0 Å². The first-order chi connectivity index (χ1) is 12.7. The molecule has 0 saturated carbocycles. The molecule has 0 bridgehead atoms. The first kappa shape index (κ1) is 18.7. The second-order valence-electron chi connectivity index (χ2n) is 5.84. The smallest absolute Gasteiger partial charge is 0.280 e. The molecule has 3 aromatic rings. The Morgan fingerprint density at radius 2 is 1.93 bits per heavy atom. The molecule has 140 valence electrons. The zero-order chi connectivity index (χ0) is 18.1. The van der Waals surface area contributed by atoms with Gasteiger partial charge in [-0.1, -0.05) is 12.1 Å². The van der Waals surface area contributed by atoms with Crippen molar-refractivity contribution in [2.75, 3.05) is 26.1 Å². The zero-order valence-electron chi connectivity index (χ0n) is 14.9. The molecule has 1 aromatic heterocycles. The molecule has 0 atom stereocenters. The van der Waals surface area contributed by atoms with Gasteiger partial charge in [0.2, 0.25) is 5.62 Å². The van der Waals surface area contributed by atoms with Crippen molar-refractivity contribution in [3.05, 3.63) is 53.6 Å². The summed E-state index contributed by atoms with van der Waals surface area (Å²) in [6.07, 6.45) is 0. The molecule has 1 aliphatic rings. The van der Waals surface area contributed by atoms with Crippen LogP contribution in [0.25, 0.3) is 10.9 Å². The second kappa shape index (κ2) is 7.67. The quantitative estimate of drug-likeness (QED) is 0.748. The van der Waals surface area contributed by atoms with Crippen LogP contribution in [-0.4, -0.2) is 36.2 Å². The topological polar surface area (TPSA) is 77.7 Å². The molecule has 0 unspecified atom stereocenters. The van der Waals surface area contributed by atoms with Gasteiger partial charge in [0, 0.05) is 24.0 Å². The average Bonchev–Trinajstić information content (AvgIpc) is 3.18. The van der Waals surface area contributed by atoms with E-state index in [0.717, 1.165) is 23.3 Å². The molecular weight excluding hydrogens is 368 g/mol. The molecule has 8 heteroatoms. The molecule has 1 N–H and O–H groups in total. The molecule has 0 spiro atoms. The molecule has 7 nitrogen and oxygen atoms in total. The number of methoxy groups -OCH3 is 2. The Hall–Kier alpha value is -3.06. The van der Waals surface area contributed by atoms with Gasteiger partial charge in [-0.2, -0.15) is 4.99 Å². The van der Waals surface area contributed by atoms with Crippen LogP contribution in [0, 0.1) is 0 Å². The van der Waals surface area contributed by atoms with E-state index < -0.39 is 0 Å². The van der Waals surface area contributed by atoms with Crippen molar-refractivity contribution in [2.45, 2.75) is 6.54 Å². The maximum atomic E-state index is 12.7. The van der Waals surface area contributed by atoms with Gasteiger partial charge in [-0.15, -0.1) is 12.4 Å². The van der Waals surface area contributed by atoms with Crippen LogP contribution in [0.3, 0.4) is 0 Å². The Morgan fingerprint density at radius 3 is 2.70 bits per heavy atom. The van der Waals surface area contributed by atoms with Gasteiger partial charge in [0.1, 0.15) is 5.82 Å². The van der Waals surface area contributed by atoms with E-state index in [-0.39, 0.29) is 18.3 Å². The summed E-state index contributed by atoms with van der Waals surface area (Å²) in [5, 5.41) is 4.36. The normalized spacial score (nSPS) is 12.9. The van der Waals surface area contributed by atoms with Crippen molar-refractivity contribution in [3.8, 4) is 11.5 Å². The number of nitrogens with one attached hydrogen (secondary N) is 1. The SMILES string of the molecule is COc1ccc(C(=O)N=c2nc3ccccc3c3n2CCN3)cc1OC.Cl.